The number of hydrogen-bond acceptors (Lipinski definition) is 1. The maximum Gasteiger partial charge on any atom is 0.306 e. The molecule has 1 saturated carbocycles. The Hall–Kier alpha value is -0.530. The Kier molecular flexibility index (Phi) is 8.11. The SMILES string of the molecule is CCCCC(CCCCC1CCCCC1)C(=O)O. The maximum absolute atomic E-state index is 11.1. The average molecular weight is 254 g/mol. The van der Waals surface area contributed by atoms with Crippen molar-refractivity contribution in [2.45, 2.75) is 84.0 Å². The van der Waals surface area contributed by atoms with Crippen molar-refractivity contribution in [2.75, 3.05) is 0 Å². The summed E-state index contributed by atoms with van der Waals surface area (Å²) >= 11 is 0. The molecule has 1 atom stereocenters. The Morgan fingerprint density at radius 1 is 1.11 bits per heavy atom. The van der Waals surface area contributed by atoms with E-state index in [1.807, 2.05) is 0 Å². The normalized spacial score (nSPS) is 18.7. The van der Waals surface area contributed by atoms with Crippen molar-refractivity contribution in [3.05, 3.63) is 0 Å². The second-order valence-corrected chi connectivity index (χ2v) is 5.97. The van der Waals surface area contributed by atoms with Crippen LogP contribution in [0.15, 0.2) is 0 Å². The number of unbranched alkanes of at least 4 members (excludes halogenated alkanes) is 2. The summed E-state index contributed by atoms with van der Waals surface area (Å²) in [5, 5.41) is 9.15. The molecule has 1 rings (SSSR count). The molecule has 18 heavy (non-hydrogen) atoms. The third-order valence-corrected chi connectivity index (χ3v) is 4.40. The van der Waals surface area contributed by atoms with Gasteiger partial charge < -0.3 is 5.11 Å². The highest BCUT2D eigenvalue weighted by Crippen LogP contribution is 2.28. The summed E-state index contributed by atoms with van der Waals surface area (Å²) in [6, 6.07) is 0. The molecule has 106 valence electrons. The van der Waals surface area contributed by atoms with Crippen molar-refractivity contribution in [3.8, 4) is 0 Å². The number of carboxylic acid groups (broad SMARTS) is 1. The van der Waals surface area contributed by atoms with Crippen molar-refractivity contribution in [1.29, 1.82) is 0 Å². The fraction of sp³-hybridized carbons (Fsp3) is 0.938. The van der Waals surface area contributed by atoms with E-state index in [0.29, 0.717) is 0 Å². The number of carboxylic acids is 1. The molecular formula is C16H30O2. The molecule has 1 unspecified atom stereocenters. The lowest BCUT2D eigenvalue weighted by molar-refractivity contribution is -0.142. The topological polar surface area (TPSA) is 37.3 Å². The van der Waals surface area contributed by atoms with E-state index in [1.54, 1.807) is 0 Å². The summed E-state index contributed by atoms with van der Waals surface area (Å²) in [6.45, 7) is 2.13. The highest BCUT2D eigenvalue weighted by molar-refractivity contribution is 5.69. The van der Waals surface area contributed by atoms with Crippen LogP contribution in [0.5, 0.6) is 0 Å². The van der Waals surface area contributed by atoms with Crippen molar-refractivity contribution in [3.63, 3.8) is 0 Å². The minimum absolute atomic E-state index is 0.0868. The molecule has 1 aliphatic carbocycles. The van der Waals surface area contributed by atoms with Gasteiger partial charge in [0.1, 0.15) is 0 Å². The molecule has 2 nitrogen and oxygen atoms in total. The molecule has 0 radical (unpaired) electrons. The lowest BCUT2D eigenvalue weighted by Gasteiger charge is -2.21. The van der Waals surface area contributed by atoms with Crippen LogP contribution in [0.2, 0.25) is 0 Å². The van der Waals surface area contributed by atoms with Gasteiger partial charge in [-0.05, 0) is 18.8 Å². The van der Waals surface area contributed by atoms with Gasteiger partial charge in [0.2, 0.25) is 0 Å². The van der Waals surface area contributed by atoms with Gasteiger partial charge in [0, 0.05) is 0 Å². The largest absolute Gasteiger partial charge is 0.481 e. The predicted octanol–water partition coefficient (Wildman–Crippen LogP) is 5.02. The van der Waals surface area contributed by atoms with Crippen LogP contribution in [0, 0.1) is 11.8 Å². The van der Waals surface area contributed by atoms with E-state index in [4.69, 9.17) is 5.11 Å². The Morgan fingerprint density at radius 3 is 2.39 bits per heavy atom. The van der Waals surface area contributed by atoms with Gasteiger partial charge >= 0.3 is 5.97 Å². The molecule has 0 heterocycles. The van der Waals surface area contributed by atoms with Crippen LogP contribution in [0.25, 0.3) is 0 Å². The van der Waals surface area contributed by atoms with Crippen LogP contribution in [-0.4, -0.2) is 11.1 Å². The summed E-state index contributed by atoms with van der Waals surface area (Å²) in [7, 11) is 0. The van der Waals surface area contributed by atoms with Gasteiger partial charge in [0.25, 0.3) is 0 Å². The zero-order valence-electron chi connectivity index (χ0n) is 12.0. The monoisotopic (exact) mass is 254 g/mol. The van der Waals surface area contributed by atoms with Gasteiger partial charge in [0.05, 0.1) is 5.92 Å². The van der Waals surface area contributed by atoms with E-state index in [-0.39, 0.29) is 5.92 Å². The molecule has 1 fully saturated rings. The molecule has 1 aliphatic rings. The summed E-state index contributed by atoms with van der Waals surface area (Å²) < 4.78 is 0. The summed E-state index contributed by atoms with van der Waals surface area (Å²) in [4.78, 5) is 11.1. The molecule has 0 aromatic heterocycles. The molecule has 1 N–H and O–H groups in total. The predicted molar refractivity (Wildman–Crippen MR) is 75.7 cm³/mol. The van der Waals surface area contributed by atoms with E-state index >= 15 is 0 Å². The molecule has 0 saturated heterocycles. The number of carbonyl (C=O) groups is 1. The van der Waals surface area contributed by atoms with Crippen LogP contribution in [0.3, 0.4) is 0 Å². The highest BCUT2D eigenvalue weighted by Gasteiger charge is 2.17. The average Bonchev–Trinajstić information content (AvgIpc) is 2.38. The maximum atomic E-state index is 11.1. The smallest absolute Gasteiger partial charge is 0.306 e. The lowest BCUT2D eigenvalue weighted by Crippen LogP contribution is -2.14. The van der Waals surface area contributed by atoms with E-state index < -0.39 is 5.97 Å². The first-order chi connectivity index (χ1) is 8.74. The fourth-order valence-corrected chi connectivity index (χ4v) is 3.14. The van der Waals surface area contributed by atoms with Crippen molar-refractivity contribution in [1.82, 2.24) is 0 Å². The minimum atomic E-state index is -0.582. The van der Waals surface area contributed by atoms with Crippen LogP contribution in [0.4, 0.5) is 0 Å². The first kappa shape index (κ1) is 15.5. The summed E-state index contributed by atoms with van der Waals surface area (Å²) in [6.07, 6.45) is 14.7. The summed E-state index contributed by atoms with van der Waals surface area (Å²) in [5.41, 5.74) is 0. The highest BCUT2D eigenvalue weighted by atomic mass is 16.4. The van der Waals surface area contributed by atoms with Crippen LogP contribution in [-0.2, 0) is 4.79 Å². The van der Waals surface area contributed by atoms with E-state index in [9.17, 15) is 4.79 Å². The fourth-order valence-electron chi connectivity index (χ4n) is 3.14. The molecule has 0 aliphatic heterocycles. The van der Waals surface area contributed by atoms with E-state index in [2.05, 4.69) is 6.92 Å². The molecular weight excluding hydrogens is 224 g/mol. The van der Waals surface area contributed by atoms with Gasteiger partial charge in [-0.1, -0.05) is 71.1 Å². The van der Waals surface area contributed by atoms with Crippen LogP contribution >= 0.6 is 0 Å². The van der Waals surface area contributed by atoms with Crippen molar-refractivity contribution >= 4 is 5.97 Å². The standard InChI is InChI=1S/C16H30O2/c1-2-3-12-15(16(17)18)13-8-7-11-14-9-5-4-6-10-14/h14-15H,2-13H2,1H3,(H,17,18). The van der Waals surface area contributed by atoms with Gasteiger partial charge in [-0.3, -0.25) is 4.79 Å². The summed E-state index contributed by atoms with van der Waals surface area (Å²) in [5.74, 6) is 0.273. The van der Waals surface area contributed by atoms with E-state index in [1.165, 1.54) is 44.9 Å². The Morgan fingerprint density at radius 2 is 1.78 bits per heavy atom. The molecule has 0 bridgehead atoms. The Balaban J connectivity index is 2.08. The third-order valence-electron chi connectivity index (χ3n) is 4.40. The quantitative estimate of drug-likeness (QED) is 0.587. The number of rotatable bonds is 9. The first-order valence-electron chi connectivity index (χ1n) is 7.96. The molecule has 0 amide bonds. The minimum Gasteiger partial charge on any atom is -0.481 e. The zero-order chi connectivity index (χ0) is 13.2. The van der Waals surface area contributed by atoms with Crippen molar-refractivity contribution in [2.24, 2.45) is 11.8 Å². The molecule has 0 aromatic rings. The lowest BCUT2D eigenvalue weighted by atomic mass is 9.85. The Labute approximate surface area is 112 Å². The second-order valence-electron chi connectivity index (χ2n) is 5.97. The first-order valence-corrected chi connectivity index (χ1v) is 7.96. The number of aliphatic carboxylic acids is 1. The second kappa shape index (κ2) is 9.41. The Bertz CT molecular complexity index is 219. The van der Waals surface area contributed by atoms with Gasteiger partial charge in [-0.25, -0.2) is 0 Å². The van der Waals surface area contributed by atoms with Gasteiger partial charge in [-0.15, -0.1) is 0 Å². The molecule has 0 spiro atoms. The van der Waals surface area contributed by atoms with Crippen LogP contribution < -0.4 is 0 Å². The van der Waals surface area contributed by atoms with E-state index in [0.717, 1.165) is 38.0 Å². The third kappa shape index (κ3) is 6.42. The van der Waals surface area contributed by atoms with Crippen molar-refractivity contribution < 1.29 is 9.90 Å². The van der Waals surface area contributed by atoms with Gasteiger partial charge in [-0.2, -0.15) is 0 Å². The molecule has 0 aromatic carbocycles. The van der Waals surface area contributed by atoms with Crippen LogP contribution in [0.1, 0.15) is 84.0 Å². The zero-order valence-corrected chi connectivity index (χ0v) is 12.0. The number of hydrogen-bond donors (Lipinski definition) is 1. The molecule has 2 heteroatoms. The van der Waals surface area contributed by atoms with Gasteiger partial charge in [0.15, 0.2) is 0 Å².